The Bertz CT molecular complexity index is 472. The second kappa shape index (κ2) is 6.10. The first-order valence-corrected chi connectivity index (χ1v) is 6.93. The van der Waals surface area contributed by atoms with E-state index >= 15 is 0 Å². The van der Waals surface area contributed by atoms with E-state index in [1.54, 1.807) is 13.8 Å². The van der Waals surface area contributed by atoms with E-state index in [9.17, 15) is 8.42 Å². The zero-order valence-corrected chi connectivity index (χ0v) is 11.2. The van der Waals surface area contributed by atoms with Crippen molar-refractivity contribution in [2.75, 3.05) is 18.6 Å². The number of hydrogen-bond donors (Lipinski definition) is 3. The maximum atomic E-state index is 12.3. The van der Waals surface area contributed by atoms with Crippen LogP contribution in [0, 0.1) is 0 Å². The summed E-state index contributed by atoms with van der Waals surface area (Å²) < 4.78 is 25.8. The van der Waals surface area contributed by atoms with Crippen LogP contribution in [0.1, 0.15) is 13.8 Å². The van der Waals surface area contributed by atoms with Crippen molar-refractivity contribution in [1.29, 1.82) is 0 Å². The summed E-state index contributed by atoms with van der Waals surface area (Å²) in [5.74, 6) is 5.54. The lowest BCUT2D eigenvalue weighted by Crippen LogP contribution is -2.39. The summed E-state index contributed by atoms with van der Waals surface area (Å²) in [6.45, 7) is 3.32. The molecule has 1 aromatic heterocycles. The number of nitrogen functional groups attached to an aromatic ring is 1. The van der Waals surface area contributed by atoms with Crippen LogP contribution in [0.2, 0.25) is 0 Å². The van der Waals surface area contributed by atoms with Gasteiger partial charge >= 0.3 is 0 Å². The van der Waals surface area contributed by atoms with Gasteiger partial charge in [-0.15, -0.1) is 0 Å². The second-order valence-electron chi connectivity index (χ2n) is 3.96. The molecule has 8 heteroatoms. The average Bonchev–Trinajstić information content (AvgIpc) is 2.35. The molecule has 1 rings (SSSR count). The van der Waals surface area contributed by atoms with E-state index in [-0.39, 0.29) is 24.1 Å². The minimum Gasteiger partial charge on any atom is -0.395 e. The first-order chi connectivity index (χ1) is 8.43. The van der Waals surface area contributed by atoms with E-state index in [0.717, 1.165) is 0 Å². The molecule has 102 valence electrons. The number of pyridine rings is 1. The molecule has 0 spiro atoms. The number of anilines is 1. The fourth-order valence-electron chi connectivity index (χ4n) is 1.51. The summed E-state index contributed by atoms with van der Waals surface area (Å²) in [4.78, 5) is 3.93. The van der Waals surface area contributed by atoms with Gasteiger partial charge in [0.2, 0.25) is 10.0 Å². The normalized spacial score (nSPS) is 12.1. The molecule has 1 heterocycles. The van der Waals surface area contributed by atoms with Gasteiger partial charge in [0.15, 0.2) is 0 Å². The van der Waals surface area contributed by atoms with Crippen LogP contribution in [0.5, 0.6) is 0 Å². The highest BCUT2D eigenvalue weighted by Crippen LogP contribution is 2.18. The zero-order valence-electron chi connectivity index (χ0n) is 10.4. The molecule has 0 aliphatic carbocycles. The van der Waals surface area contributed by atoms with Crippen LogP contribution in [0.25, 0.3) is 0 Å². The van der Waals surface area contributed by atoms with Crippen LogP contribution in [0.15, 0.2) is 23.2 Å². The molecule has 7 nitrogen and oxygen atoms in total. The Labute approximate surface area is 107 Å². The smallest absolute Gasteiger partial charge is 0.244 e. The van der Waals surface area contributed by atoms with Crippen LogP contribution >= 0.6 is 0 Å². The molecule has 0 unspecified atom stereocenters. The van der Waals surface area contributed by atoms with Crippen molar-refractivity contribution in [2.45, 2.75) is 24.8 Å². The Balaban J connectivity index is 3.09. The number of nitrogens with zero attached hydrogens (tertiary/aromatic N) is 2. The molecule has 0 amide bonds. The minimum atomic E-state index is -3.65. The number of rotatable bonds is 6. The quantitative estimate of drug-likeness (QED) is 0.488. The molecule has 0 saturated heterocycles. The highest BCUT2D eigenvalue weighted by molar-refractivity contribution is 7.89. The van der Waals surface area contributed by atoms with Crippen LogP contribution < -0.4 is 11.3 Å². The topological polar surface area (TPSA) is 109 Å². The fourth-order valence-corrected chi connectivity index (χ4v) is 3.08. The summed E-state index contributed by atoms with van der Waals surface area (Å²) in [5.41, 5.74) is 2.32. The second-order valence-corrected chi connectivity index (χ2v) is 5.85. The maximum Gasteiger partial charge on any atom is 0.244 e. The highest BCUT2D eigenvalue weighted by atomic mass is 32.2. The molecule has 1 aromatic rings. The van der Waals surface area contributed by atoms with Crippen LogP contribution in [-0.4, -0.2) is 42.0 Å². The van der Waals surface area contributed by atoms with E-state index in [2.05, 4.69) is 10.4 Å². The number of nitrogens with two attached hydrogens (primary N) is 1. The monoisotopic (exact) mass is 274 g/mol. The third-order valence-corrected chi connectivity index (χ3v) is 4.45. The summed E-state index contributed by atoms with van der Waals surface area (Å²) in [7, 11) is -3.65. The van der Waals surface area contributed by atoms with Crippen LogP contribution in [-0.2, 0) is 10.0 Å². The van der Waals surface area contributed by atoms with Gasteiger partial charge in [-0.05, 0) is 26.0 Å². The summed E-state index contributed by atoms with van der Waals surface area (Å²) in [6, 6.07) is 2.66. The van der Waals surface area contributed by atoms with Gasteiger partial charge in [-0.1, -0.05) is 0 Å². The van der Waals surface area contributed by atoms with E-state index in [4.69, 9.17) is 10.9 Å². The first kappa shape index (κ1) is 14.8. The first-order valence-electron chi connectivity index (χ1n) is 5.49. The maximum absolute atomic E-state index is 12.3. The molecule has 0 aliphatic rings. The van der Waals surface area contributed by atoms with Crippen LogP contribution in [0.3, 0.4) is 0 Å². The molecular formula is C10H18N4O3S. The standard InChI is InChI=1S/C10H18N4O3S/c1-8(2)14(5-6-15)18(16,17)9-3-4-10(13-11)12-7-9/h3-4,7-8,15H,5-6,11H2,1-2H3,(H,12,13). The molecule has 0 radical (unpaired) electrons. The Morgan fingerprint density at radius 1 is 1.50 bits per heavy atom. The Hall–Kier alpha value is -1.22. The molecule has 18 heavy (non-hydrogen) atoms. The van der Waals surface area contributed by atoms with Crippen molar-refractivity contribution in [1.82, 2.24) is 9.29 Å². The van der Waals surface area contributed by atoms with Crippen molar-refractivity contribution in [3.63, 3.8) is 0 Å². The van der Waals surface area contributed by atoms with Gasteiger partial charge in [0.1, 0.15) is 10.7 Å². The van der Waals surface area contributed by atoms with E-state index in [1.807, 2.05) is 0 Å². The lowest BCUT2D eigenvalue weighted by molar-refractivity contribution is 0.236. The third-order valence-electron chi connectivity index (χ3n) is 2.39. The molecule has 0 bridgehead atoms. The van der Waals surface area contributed by atoms with Crippen molar-refractivity contribution < 1.29 is 13.5 Å². The molecule has 0 aromatic carbocycles. The van der Waals surface area contributed by atoms with Crippen molar-refractivity contribution in [2.24, 2.45) is 5.84 Å². The van der Waals surface area contributed by atoms with Crippen molar-refractivity contribution >= 4 is 15.8 Å². The molecular weight excluding hydrogens is 256 g/mol. The number of aliphatic hydroxyl groups excluding tert-OH is 1. The number of aromatic nitrogens is 1. The Morgan fingerprint density at radius 3 is 2.56 bits per heavy atom. The van der Waals surface area contributed by atoms with Crippen molar-refractivity contribution in [3.8, 4) is 0 Å². The number of hydrogen-bond acceptors (Lipinski definition) is 6. The predicted octanol–water partition coefficient (Wildman–Crippen LogP) is -0.241. The van der Waals surface area contributed by atoms with Crippen LogP contribution in [0.4, 0.5) is 5.82 Å². The largest absolute Gasteiger partial charge is 0.395 e. The lowest BCUT2D eigenvalue weighted by atomic mass is 10.4. The zero-order chi connectivity index (χ0) is 13.8. The third kappa shape index (κ3) is 3.16. The molecule has 0 fully saturated rings. The number of sulfonamides is 1. The van der Waals surface area contributed by atoms with E-state index in [0.29, 0.717) is 5.82 Å². The summed E-state index contributed by atoms with van der Waals surface area (Å²) in [5, 5.41) is 8.93. The van der Waals surface area contributed by atoms with Gasteiger partial charge in [-0.25, -0.2) is 19.2 Å². The van der Waals surface area contributed by atoms with Gasteiger partial charge < -0.3 is 10.5 Å². The van der Waals surface area contributed by atoms with Gasteiger partial charge in [0, 0.05) is 18.8 Å². The van der Waals surface area contributed by atoms with Gasteiger partial charge in [0.05, 0.1) is 6.61 Å². The number of hydrazine groups is 1. The van der Waals surface area contributed by atoms with Gasteiger partial charge in [0.25, 0.3) is 0 Å². The Kier molecular flexibility index (Phi) is 5.03. The minimum absolute atomic E-state index is 0.0525. The number of aliphatic hydroxyl groups is 1. The van der Waals surface area contributed by atoms with Crippen molar-refractivity contribution in [3.05, 3.63) is 18.3 Å². The molecule has 0 saturated carbocycles. The van der Waals surface area contributed by atoms with Gasteiger partial charge in [-0.2, -0.15) is 4.31 Å². The van der Waals surface area contributed by atoms with E-state index in [1.165, 1.54) is 22.6 Å². The molecule has 0 atom stereocenters. The lowest BCUT2D eigenvalue weighted by Gasteiger charge is -2.24. The molecule has 4 N–H and O–H groups in total. The Morgan fingerprint density at radius 2 is 2.17 bits per heavy atom. The highest BCUT2D eigenvalue weighted by Gasteiger charge is 2.26. The number of nitrogens with one attached hydrogen (secondary N) is 1. The van der Waals surface area contributed by atoms with E-state index < -0.39 is 10.0 Å². The molecule has 0 aliphatic heterocycles. The predicted molar refractivity (Wildman–Crippen MR) is 68.2 cm³/mol. The average molecular weight is 274 g/mol. The fraction of sp³-hybridized carbons (Fsp3) is 0.500. The SMILES string of the molecule is CC(C)N(CCO)S(=O)(=O)c1ccc(NN)nc1. The summed E-state index contributed by atoms with van der Waals surface area (Å²) >= 11 is 0. The van der Waals surface area contributed by atoms with Gasteiger partial charge in [-0.3, -0.25) is 0 Å². The summed E-state index contributed by atoms with van der Waals surface area (Å²) in [6.07, 6.45) is 1.23.